The zero-order chi connectivity index (χ0) is 69.1. The summed E-state index contributed by atoms with van der Waals surface area (Å²) < 4.78 is 5.52. The van der Waals surface area contributed by atoms with Gasteiger partial charge in [-0.25, -0.2) is 0 Å². The number of unbranched alkanes of at least 4 members (excludes halogenated alkanes) is 70. The number of ether oxygens (including phenoxy) is 1. The van der Waals surface area contributed by atoms with Gasteiger partial charge in [0.05, 0.1) is 25.4 Å². The number of carbonyl (C=O) groups excluding carboxylic acids is 2. The molecule has 0 bridgehead atoms. The van der Waals surface area contributed by atoms with Gasteiger partial charge >= 0.3 is 5.97 Å². The van der Waals surface area contributed by atoms with E-state index in [1.807, 2.05) is 0 Å². The second-order valence-corrected chi connectivity index (χ2v) is 30.9. The maximum Gasteiger partial charge on any atom is 0.305 e. The molecule has 0 aliphatic rings. The van der Waals surface area contributed by atoms with Crippen molar-refractivity contribution in [1.82, 2.24) is 5.32 Å². The summed E-state index contributed by atoms with van der Waals surface area (Å²) >= 11 is 0. The summed E-state index contributed by atoms with van der Waals surface area (Å²) in [4.78, 5) is 24.7. The highest BCUT2D eigenvalue weighted by atomic mass is 16.5. The predicted molar refractivity (Wildman–Crippen MR) is 426 cm³/mol. The van der Waals surface area contributed by atoms with E-state index in [0.717, 1.165) is 44.9 Å². The van der Waals surface area contributed by atoms with Crippen LogP contribution in [0.2, 0.25) is 0 Å². The van der Waals surface area contributed by atoms with Gasteiger partial charge in [-0.3, -0.25) is 9.59 Å². The van der Waals surface area contributed by atoms with Gasteiger partial charge in [0.1, 0.15) is 0 Å². The van der Waals surface area contributed by atoms with E-state index in [1.54, 1.807) is 0 Å². The van der Waals surface area contributed by atoms with E-state index in [2.05, 4.69) is 43.5 Å². The molecule has 0 radical (unpaired) electrons. The number of allylic oxidation sites excluding steroid dienone is 4. The van der Waals surface area contributed by atoms with E-state index in [1.165, 1.54) is 437 Å². The largest absolute Gasteiger partial charge is 0.466 e. The molecule has 570 valence electrons. The molecule has 0 rings (SSSR count). The molecule has 3 N–H and O–H groups in total. The Kier molecular flexibility index (Phi) is 84.3. The molecule has 1 amide bonds. The molecule has 6 nitrogen and oxygen atoms in total. The van der Waals surface area contributed by atoms with Crippen molar-refractivity contribution < 1.29 is 24.5 Å². The predicted octanol–water partition coefficient (Wildman–Crippen LogP) is 29.9. The minimum absolute atomic E-state index is 0.0258. The van der Waals surface area contributed by atoms with Crippen LogP contribution in [0.15, 0.2) is 24.3 Å². The molecular weight excluding hydrogens is 1170 g/mol. The van der Waals surface area contributed by atoms with E-state index in [4.69, 9.17) is 4.74 Å². The van der Waals surface area contributed by atoms with Crippen molar-refractivity contribution >= 4 is 11.9 Å². The van der Waals surface area contributed by atoms with Crippen molar-refractivity contribution in [3.8, 4) is 0 Å². The van der Waals surface area contributed by atoms with E-state index < -0.39 is 12.1 Å². The van der Waals surface area contributed by atoms with Gasteiger partial charge in [-0.05, 0) is 57.8 Å². The van der Waals surface area contributed by atoms with Gasteiger partial charge in [0, 0.05) is 12.8 Å². The van der Waals surface area contributed by atoms with Crippen molar-refractivity contribution in [2.24, 2.45) is 0 Å². The molecule has 6 heteroatoms. The molecule has 0 aromatic rings. The van der Waals surface area contributed by atoms with Crippen LogP contribution in [0.1, 0.15) is 515 Å². The third-order valence-corrected chi connectivity index (χ3v) is 21.3. The fraction of sp³-hybridized carbons (Fsp3) is 0.933. The van der Waals surface area contributed by atoms with Gasteiger partial charge in [-0.1, -0.05) is 468 Å². The molecular formula is C90H175NO5. The molecule has 0 aliphatic carbocycles. The van der Waals surface area contributed by atoms with Crippen LogP contribution < -0.4 is 5.32 Å². The van der Waals surface area contributed by atoms with Crippen LogP contribution in [-0.4, -0.2) is 47.4 Å². The molecule has 0 heterocycles. The van der Waals surface area contributed by atoms with E-state index in [9.17, 15) is 19.8 Å². The lowest BCUT2D eigenvalue weighted by molar-refractivity contribution is -0.143. The highest BCUT2D eigenvalue weighted by molar-refractivity contribution is 5.76. The maximum absolute atomic E-state index is 12.6. The summed E-state index contributed by atoms with van der Waals surface area (Å²) in [5.74, 6) is 0.000223. The van der Waals surface area contributed by atoms with Crippen LogP contribution in [0.4, 0.5) is 0 Å². The maximum atomic E-state index is 12.6. The molecule has 0 aromatic carbocycles. The number of esters is 1. The first-order valence-corrected chi connectivity index (χ1v) is 44.6. The number of rotatable bonds is 85. The topological polar surface area (TPSA) is 95.9 Å². The first-order valence-electron chi connectivity index (χ1n) is 44.6. The summed E-state index contributed by atoms with van der Waals surface area (Å²) in [7, 11) is 0. The normalized spacial score (nSPS) is 12.5. The van der Waals surface area contributed by atoms with Gasteiger partial charge in [0.2, 0.25) is 5.91 Å². The fourth-order valence-electron chi connectivity index (χ4n) is 14.5. The third-order valence-electron chi connectivity index (χ3n) is 21.3. The number of aliphatic hydroxyl groups excluding tert-OH is 2. The first kappa shape index (κ1) is 94.3. The van der Waals surface area contributed by atoms with Crippen LogP contribution >= 0.6 is 0 Å². The second-order valence-electron chi connectivity index (χ2n) is 30.9. The SMILES string of the molecule is CCCCCCCCCCCCCCCCCCCCCCCCC(O)C(CO)NC(=O)CCCCCCCCCCCCCCCCCCC/C=C\C/C=C\CCCCCCCCCCCCCCCCCOC(=O)CCCCCCCCCCCCCCCCCCCC. The summed E-state index contributed by atoms with van der Waals surface area (Å²) in [5, 5.41) is 23.5. The molecule has 0 saturated heterocycles. The minimum atomic E-state index is -0.663. The van der Waals surface area contributed by atoms with Gasteiger partial charge in [-0.2, -0.15) is 0 Å². The summed E-state index contributed by atoms with van der Waals surface area (Å²) in [5.41, 5.74) is 0. The van der Waals surface area contributed by atoms with Crippen molar-refractivity contribution in [2.75, 3.05) is 13.2 Å². The summed E-state index contributed by atoms with van der Waals surface area (Å²) in [6, 6.07) is -0.540. The van der Waals surface area contributed by atoms with Gasteiger partial charge in [0.15, 0.2) is 0 Å². The van der Waals surface area contributed by atoms with Crippen LogP contribution in [0.3, 0.4) is 0 Å². The lowest BCUT2D eigenvalue weighted by Gasteiger charge is -2.22. The standard InChI is InChI=1S/C90H175NO5/c1-3-5-7-9-11-13-15-17-19-21-23-24-44-47-50-54-58-62-66-70-74-78-82-88(93)87(86-92)91-89(94)83-79-75-71-67-63-59-55-51-48-45-42-40-38-36-34-32-30-28-26-25-27-29-31-33-35-37-39-41-43-46-49-53-57-61-65-69-73-77-81-85-96-90(95)84-80-76-72-68-64-60-56-52-22-20-18-16-14-12-10-8-6-4-2/h25-26,29,31,87-88,92-93H,3-24,27-28,30,32-86H2,1-2H3,(H,91,94)/b26-25-,31-29-. The Balaban J connectivity index is 3.34. The lowest BCUT2D eigenvalue weighted by Crippen LogP contribution is -2.45. The molecule has 0 aromatic heterocycles. The quantitative estimate of drug-likeness (QED) is 0.0320. The highest BCUT2D eigenvalue weighted by Crippen LogP contribution is 2.21. The summed E-state index contributed by atoms with van der Waals surface area (Å²) in [6.07, 6.45) is 112. The van der Waals surface area contributed by atoms with Crippen LogP contribution in [0.5, 0.6) is 0 Å². The molecule has 2 unspecified atom stereocenters. The minimum Gasteiger partial charge on any atom is -0.466 e. The van der Waals surface area contributed by atoms with Crippen molar-refractivity contribution in [1.29, 1.82) is 0 Å². The molecule has 0 spiro atoms. The molecule has 96 heavy (non-hydrogen) atoms. The van der Waals surface area contributed by atoms with Crippen LogP contribution in [0, 0.1) is 0 Å². The number of amides is 1. The fourth-order valence-corrected chi connectivity index (χ4v) is 14.5. The van der Waals surface area contributed by atoms with Gasteiger partial charge in [0.25, 0.3) is 0 Å². The van der Waals surface area contributed by atoms with Crippen molar-refractivity contribution in [3.05, 3.63) is 24.3 Å². The first-order chi connectivity index (χ1) is 47.5. The highest BCUT2D eigenvalue weighted by Gasteiger charge is 2.20. The molecule has 0 aliphatic heterocycles. The Bertz CT molecular complexity index is 1510. The average Bonchev–Trinajstić information content (AvgIpc) is 2.31. The number of aliphatic hydroxyl groups is 2. The Morgan fingerprint density at radius 2 is 0.521 bits per heavy atom. The van der Waals surface area contributed by atoms with Crippen molar-refractivity contribution in [2.45, 2.75) is 527 Å². The Morgan fingerprint density at radius 1 is 0.292 bits per heavy atom. The van der Waals surface area contributed by atoms with Crippen molar-refractivity contribution in [3.63, 3.8) is 0 Å². The van der Waals surface area contributed by atoms with E-state index in [0.29, 0.717) is 25.9 Å². The average molecular weight is 1350 g/mol. The van der Waals surface area contributed by atoms with E-state index in [-0.39, 0.29) is 18.5 Å². The molecule has 0 saturated carbocycles. The number of carbonyl (C=O) groups is 2. The van der Waals surface area contributed by atoms with E-state index >= 15 is 0 Å². The zero-order valence-corrected chi connectivity index (χ0v) is 65.7. The lowest BCUT2D eigenvalue weighted by atomic mass is 10.0. The Hall–Kier alpha value is -1.66. The number of nitrogens with one attached hydrogen (secondary N) is 1. The van der Waals surface area contributed by atoms with Gasteiger partial charge in [-0.15, -0.1) is 0 Å². The smallest absolute Gasteiger partial charge is 0.305 e. The van der Waals surface area contributed by atoms with Crippen LogP contribution in [0.25, 0.3) is 0 Å². The third kappa shape index (κ3) is 81.3. The van der Waals surface area contributed by atoms with Gasteiger partial charge < -0.3 is 20.3 Å². The zero-order valence-electron chi connectivity index (χ0n) is 65.7. The Morgan fingerprint density at radius 3 is 0.792 bits per heavy atom. The monoisotopic (exact) mass is 1350 g/mol. The Labute approximate surface area is 602 Å². The second kappa shape index (κ2) is 85.8. The summed E-state index contributed by atoms with van der Waals surface area (Å²) in [6.45, 7) is 5.02. The molecule has 2 atom stereocenters. The number of hydrogen-bond acceptors (Lipinski definition) is 5. The molecule has 0 fully saturated rings. The number of hydrogen-bond donors (Lipinski definition) is 3. The van der Waals surface area contributed by atoms with Crippen LogP contribution in [-0.2, 0) is 14.3 Å².